The van der Waals surface area contributed by atoms with Crippen LogP contribution < -0.4 is 10.2 Å². The predicted molar refractivity (Wildman–Crippen MR) is 99.6 cm³/mol. The summed E-state index contributed by atoms with van der Waals surface area (Å²) in [6.07, 6.45) is -4.04. The molecule has 8 nitrogen and oxygen atoms in total. The number of hydrogen-bond donors (Lipinski definition) is 1. The molecule has 0 spiro atoms. The first-order valence-electron chi connectivity index (χ1n) is 9.05. The average Bonchev–Trinajstić information content (AvgIpc) is 2.65. The number of ether oxygens (including phenoxy) is 1. The van der Waals surface area contributed by atoms with Crippen LogP contribution in [0.4, 0.5) is 34.9 Å². The number of morpholine rings is 1. The second-order valence-corrected chi connectivity index (χ2v) is 6.98. The summed E-state index contributed by atoms with van der Waals surface area (Å²) in [5, 5.41) is 14.4. The van der Waals surface area contributed by atoms with Crippen LogP contribution in [0.5, 0.6) is 0 Å². The van der Waals surface area contributed by atoms with E-state index in [1.165, 1.54) is 0 Å². The molecule has 1 aromatic carbocycles. The van der Waals surface area contributed by atoms with Crippen LogP contribution in [0.3, 0.4) is 0 Å². The van der Waals surface area contributed by atoms with Crippen molar-refractivity contribution in [2.75, 3.05) is 23.3 Å². The molecule has 12 heteroatoms. The first-order chi connectivity index (χ1) is 14.1. The smallest absolute Gasteiger partial charge is 0.372 e. The van der Waals surface area contributed by atoms with Crippen molar-refractivity contribution in [1.82, 2.24) is 9.97 Å². The molecule has 1 fully saturated rings. The molecule has 2 atom stereocenters. The minimum Gasteiger partial charge on any atom is -0.372 e. The first-order valence-corrected chi connectivity index (χ1v) is 9.05. The van der Waals surface area contributed by atoms with Gasteiger partial charge in [0, 0.05) is 19.6 Å². The first kappa shape index (κ1) is 21.7. The Morgan fingerprint density at radius 3 is 2.53 bits per heavy atom. The molecule has 2 heterocycles. The molecule has 0 amide bonds. The lowest BCUT2D eigenvalue weighted by Gasteiger charge is -2.35. The summed E-state index contributed by atoms with van der Waals surface area (Å²) in [6, 6.07) is 2.52. The van der Waals surface area contributed by atoms with E-state index in [-0.39, 0.29) is 36.0 Å². The van der Waals surface area contributed by atoms with Crippen molar-refractivity contribution >= 4 is 17.3 Å². The summed E-state index contributed by atoms with van der Waals surface area (Å²) < 4.78 is 57.8. The number of alkyl halides is 3. The van der Waals surface area contributed by atoms with E-state index in [0.29, 0.717) is 25.2 Å². The maximum Gasteiger partial charge on any atom is 0.419 e. The lowest BCUT2D eigenvalue weighted by Crippen LogP contribution is -2.46. The number of nitrogens with one attached hydrogen (secondary N) is 1. The largest absolute Gasteiger partial charge is 0.419 e. The van der Waals surface area contributed by atoms with Gasteiger partial charge in [0.15, 0.2) is 0 Å². The lowest BCUT2D eigenvalue weighted by molar-refractivity contribution is -0.383. The van der Waals surface area contributed by atoms with Crippen LogP contribution in [0.15, 0.2) is 24.5 Å². The Morgan fingerprint density at radius 2 is 1.93 bits per heavy atom. The molecule has 0 saturated carbocycles. The van der Waals surface area contributed by atoms with Gasteiger partial charge >= 0.3 is 11.9 Å². The standard InChI is InChI=1S/C18H19F4N5O3/c1-10-7-26(8-11(2)30-10)17-15(27(28)29)16(24-9-25-17)23-6-12-3-4-14(19)13(5-12)18(20,21)22/h3-5,9-11H,6-8H2,1-2H3,(H,23,24,25). The van der Waals surface area contributed by atoms with Crippen molar-refractivity contribution in [3.8, 4) is 0 Å². The van der Waals surface area contributed by atoms with Crippen LogP contribution in [-0.2, 0) is 17.5 Å². The van der Waals surface area contributed by atoms with Gasteiger partial charge in [-0.05, 0) is 31.5 Å². The number of anilines is 2. The molecule has 0 radical (unpaired) electrons. The van der Waals surface area contributed by atoms with E-state index in [9.17, 15) is 27.7 Å². The number of nitrogens with zero attached hydrogens (tertiary/aromatic N) is 4. The highest BCUT2D eigenvalue weighted by Crippen LogP contribution is 2.34. The Bertz CT molecular complexity index is 931. The van der Waals surface area contributed by atoms with E-state index in [0.717, 1.165) is 12.4 Å². The number of benzene rings is 1. The molecule has 1 saturated heterocycles. The zero-order valence-corrected chi connectivity index (χ0v) is 16.1. The van der Waals surface area contributed by atoms with Crippen LogP contribution in [0.1, 0.15) is 25.0 Å². The topological polar surface area (TPSA) is 93.4 Å². The molecule has 30 heavy (non-hydrogen) atoms. The molecule has 1 aliphatic heterocycles. The van der Waals surface area contributed by atoms with Gasteiger partial charge in [0.05, 0.1) is 22.7 Å². The Kier molecular flexibility index (Phi) is 6.06. The van der Waals surface area contributed by atoms with Crippen LogP contribution in [0.2, 0.25) is 0 Å². The molecule has 1 aromatic heterocycles. The van der Waals surface area contributed by atoms with Crippen molar-refractivity contribution in [2.45, 2.75) is 38.8 Å². The van der Waals surface area contributed by atoms with Crippen molar-refractivity contribution in [3.05, 3.63) is 51.6 Å². The highest BCUT2D eigenvalue weighted by molar-refractivity contribution is 5.70. The van der Waals surface area contributed by atoms with Gasteiger partial charge in [-0.3, -0.25) is 10.1 Å². The molecule has 2 aromatic rings. The third-order valence-corrected chi connectivity index (χ3v) is 4.50. The van der Waals surface area contributed by atoms with Gasteiger partial charge in [-0.25, -0.2) is 14.4 Å². The van der Waals surface area contributed by atoms with Crippen molar-refractivity contribution < 1.29 is 27.2 Å². The highest BCUT2D eigenvalue weighted by atomic mass is 19.4. The number of aromatic nitrogens is 2. The summed E-state index contributed by atoms with van der Waals surface area (Å²) in [5.41, 5.74) is -1.71. The minimum absolute atomic E-state index is 0.0896. The zero-order valence-electron chi connectivity index (χ0n) is 16.1. The quantitative estimate of drug-likeness (QED) is 0.439. The Labute approximate surface area is 169 Å². The van der Waals surface area contributed by atoms with Crippen LogP contribution in [-0.4, -0.2) is 40.2 Å². The van der Waals surface area contributed by atoms with Crippen molar-refractivity contribution in [2.24, 2.45) is 0 Å². The van der Waals surface area contributed by atoms with Gasteiger partial charge < -0.3 is 15.0 Å². The van der Waals surface area contributed by atoms with E-state index in [1.54, 1.807) is 4.90 Å². The Hall–Kier alpha value is -3.02. The van der Waals surface area contributed by atoms with E-state index >= 15 is 0 Å². The van der Waals surface area contributed by atoms with Crippen LogP contribution in [0.25, 0.3) is 0 Å². The monoisotopic (exact) mass is 429 g/mol. The number of hydrogen-bond acceptors (Lipinski definition) is 7. The van der Waals surface area contributed by atoms with E-state index < -0.39 is 28.2 Å². The minimum atomic E-state index is -4.85. The third kappa shape index (κ3) is 4.75. The van der Waals surface area contributed by atoms with Gasteiger partial charge in [-0.15, -0.1) is 0 Å². The summed E-state index contributed by atoms with van der Waals surface area (Å²) in [4.78, 5) is 20.7. The average molecular weight is 429 g/mol. The van der Waals surface area contributed by atoms with Crippen molar-refractivity contribution in [3.63, 3.8) is 0 Å². The van der Waals surface area contributed by atoms with Gasteiger partial charge in [-0.2, -0.15) is 13.2 Å². The summed E-state index contributed by atoms with van der Waals surface area (Å²) in [7, 11) is 0. The Balaban J connectivity index is 1.88. The van der Waals surface area contributed by atoms with Gasteiger partial charge in [0.25, 0.3) is 0 Å². The van der Waals surface area contributed by atoms with Crippen LogP contribution in [0, 0.1) is 15.9 Å². The van der Waals surface area contributed by atoms with Gasteiger partial charge in [-0.1, -0.05) is 6.07 Å². The molecule has 3 rings (SSSR count). The molecule has 0 aliphatic carbocycles. The highest BCUT2D eigenvalue weighted by Gasteiger charge is 2.34. The molecule has 2 unspecified atom stereocenters. The van der Waals surface area contributed by atoms with Gasteiger partial charge in [0.2, 0.25) is 11.6 Å². The fraction of sp³-hybridized carbons (Fsp3) is 0.444. The fourth-order valence-corrected chi connectivity index (χ4v) is 3.33. The van der Waals surface area contributed by atoms with Gasteiger partial charge in [0.1, 0.15) is 12.1 Å². The lowest BCUT2D eigenvalue weighted by atomic mass is 10.1. The maximum absolute atomic E-state index is 13.5. The second kappa shape index (κ2) is 8.38. The number of nitro groups is 1. The molecule has 1 N–H and O–H groups in total. The van der Waals surface area contributed by atoms with E-state index in [2.05, 4.69) is 15.3 Å². The molecule has 162 valence electrons. The SMILES string of the molecule is CC1CN(c2ncnc(NCc3ccc(F)c(C(F)(F)F)c3)c2[N+](=O)[O-])CC(C)O1. The normalized spacial score (nSPS) is 19.6. The van der Waals surface area contributed by atoms with E-state index in [1.807, 2.05) is 13.8 Å². The maximum atomic E-state index is 13.5. The second-order valence-electron chi connectivity index (χ2n) is 6.98. The molecule has 1 aliphatic rings. The summed E-state index contributed by atoms with van der Waals surface area (Å²) in [5.74, 6) is -1.44. The predicted octanol–water partition coefficient (Wildman–Crippen LogP) is 3.77. The molecule has 0 bridgehead atoms. The summed E-state index contributed by atoms with van der Waals surface area (Å²) >= 11 is 0. The zero-order chi connectivity index (χ0) is 22.1. The molecular formula is C18H19F4N5O3. The summed E-state index contributed by atoms with van der Waals surface area (Å²) in [6.45, 7) is 4.21. The van der Waals surface area contributed by atoms with Crippen molar-refractivity contribution in [1.29, 1.82) is 0 Å². The number of halogens is 4. The number of rotatable bonds is 5. The molecular weight excluding hydrogens is 410 g/mol. The Morgan fingerprint density at radius 1 is 1.27 bits per heavy atom. The van der Waals surface area contributed by atoms with E-state index in [4.69, 9.17) is 4.74 Å². The fourth-order valence-electron chi connectivity index (χ4n) is 3.33. The van der Waals surface area contributed by atoms with Crippen LogP contribution >= 0.6 is 0 Å². The third-order valence-electron chi connectivity index (χ3n) is 4.50.